The standard InChI is InChI=1S/C4H5NO2.C3H3NOS/c1-3-2-4(6)5-7-3;5-3-1-2-6-4-3/h2H,1H3,(H,5,6);1-2H,(H,4,5). The summed E-state index contributed by atoms with van der Waals surface area (Å²) < 4.78 is 7.01. The fraction of sp³-hybridized carbons (Fsp3) is 0.143. The highest BCUT2D eigenvalue weighted by molar-refractivity contribution is 7.03. The Balaban J connectivity index is 0.000000132. The van der Waals surface area contributed by atoms with Gasteiger partial charge in [-0.2, -0.15) is 5.16 Å². The number of hydrogen-bond donors (Lipinski definition) is 2. The third-order valence-electron chi connectivity index (χ3n) is 1.09. The summed E-state index contributed by atoms with van der Waals surface area (Å²) in [5.41, 5.74) is -0.197. The van der Waals surface area contributed by atoms with Crippen LogP contribution in [0.15, 0.2) is 31.6 Å². The summed E-state index contributed by atoms with van der Waals surface area (Å²) in [6.45, 7) is 1.71. The molecule has 0 aromatic carbocycles. The van der Waals surface area contributed by atoms with E-state index >= 15 is 0 Å². The van der Waals surface area contributed by atoms with Crippen molar-refractivity contribution in [3.8, 4) is 0 Å². The van der Waals surface area contributed by atoms with Gasteiger partial charge in [-0.15, -0.1) is 0 Å². The Bertz CT molecular complexity index is 434. The molecular weight excluding hydrogens is 192 g/mol. The van der Waals surface area contributed by atoms with Crippen LogP contribution in [0.25, 0.3) is 0 Å². The number of aromatic nitrogens is 2. The van der Waals surface area contributed by atoms with Gasteiger partial charge in [-0.3, -0.25) is 14.0 Å². The number of hydrogen-bond acceptors (Lipinski definition) is 4. The van der Waals surface area contributed by atoms with Crippen molar-refractivity contribution in [3.63, 3.8) is 0 Å². The largest absolute Gasteiger partial charge is 0.384 e. The van der Waals surface area contributed by atoms with Gasteiger partial charge in [0.25, 0.3) is 11.1 Å². The maximum atomic E-state index is 10.1. The lowest BCUT2D eigenvalue weighted by molar-refractivity contribution is 0.392. The zero-order valence-electron chi connectivity index (χ0n) is 6.87. The fourth-order valence-corrected chi connectivity index (χ4v) is 1.04. The average Bonchev–Trinajstić information content (AvgIpc) is 2.64. The molecule has 70 valence electrons. The van der Waals surface area contributed by atoms with Crippen molar-refractivity contribution < 1.29 is 4.52 Å². The summed E-state index contributed by atoms with van der Waals surface area (Å²) in [6, 6.07) is 2.88. The minimum atomic E-state index is -0.183. The lowest BCUT2D eigenvalue weighted by Gasteiger charge is -1.66. The fourth-order valence-electron chi connectivity index (χ4n) is 0.596. The molecule has 2 rings (SSSR count). The van der Waals surface area contributed by atoms with E-state index in [1.807, 2.05) is 0 Å². The molecule has 0 aliphatic rings. The third-order valence-corrected chi connectivity index (χ3v) is 1.69. The van der Waals surface area contributed by atoms with Gasteiger partial charge >= 0.3 is 0 Å². The molecule has 0 bridgehead atoms. The SMILES string of the molecule is Cc1cc(=O)[nH]o1.O=c1ccs[nH]1. The Hall–Kier alpha value is -1.56. The first kappa shape index (κ1) is 9.53. The van der Waals surface area contributed by atoms with Gasteiger partial charge in [-0.1, -0.05) is 11.5 Å². The average molecular weight is 200 g/mol. The highest BCUT2D eigenvalue weighted by atomic mass is 32.1. The summed E-state index contributed by atoms with van der Waals surface area (Å²) >= 11 is 1.30. The van der Waals surface area contributed by atoms with Crippen molar-refractivity contribution in [1.82, 2.24) is 9.53 Å². The second-order valence-electron chi connectivity index (χ2n) is 2.21. The topological polar surface area (TPSA) is 78.9 Å². The number of H-pyrrole nitrogens is 2. The number of nitrogens with one attached hydrogen (secondary N) is 2. The maximum absolute atomic E-state index is 10.1. The van der Waals surface area contributed by atoms with E-state index in [1.165, 1.54) is 23.7 Å². The molecule has 2 heterocycles. The third kappa shape index (κ3) is 3.57. The van der Waals surface area contributed by atoms with Crippen LogP contribution in [-0.4, -0.2) is 9.53 Å². The number of aryl methyl sites for hydroxylation is 1. The van der Waals surface area contributed by atoms with Crippen LogP contribution in [0, 0.1) is 6.92 Å². The van der Waals surface area contributed by atoms with E-state index in [0.29, 0.717) is 5.76 Å². The smallest absolute Gasteiger partial charge is 0.280 e. The van der Waals surface area contributed by atoms with Gasteiger partial charge < -0.3 is 4.52 Å². The van der Waals surface area contributed by atoms with Crippen LogP contribution in [0.4, 0.5) is 0 Å². The van der Waals surface area contributed by atoms with Crippen LogP contribution in [0.1, 0.15) is 5.76 Å². The summed E-state index contributed by atoms with van der Waals surface area (Å²) in [5.74, 6) is 0.616. The molecule has 6 heteroatoms. The van der Waals surface area contributed by atoms with Crippen molar-refractivity contribution in [1.29, 1.82) is 0 Å². The first-order chi connectivity index (χ1) is 6.18. The van der Waals surface area contributed by atoms with Crippen molar-refractivity contribution >= 4 is 11.5 Å². The molecule has 0 fully saturated rings. The summed E-state index contributed by atoms with van der Waals surface area (Å²) in [6.07, 6.45) is 0. The minimum absolute atomic E-state index is 0.0139. The van der Waals surface area contributed by atoms with E-state index in [4.69, 9.17) is 0 Å². The lowest BCUT2D eigenvalue weighted by atomic mass is 10.5. The highest BCUT2D eigenvalue weighted by Gasteiger charge is 1.85. The first-order valence-corrected chi connectivity index (χ1v) is 4.34. The minimum Gasteiger partial charge on any atom is -0.384 e. The lowest BCUT2D eigenvalue weighted by Crippen LogP contribution is -1.92. The molecule has 0 aliphatic heterocycles. The Labute approximate surface area is 77.1 Å². The van der Waals surface area contributed by atoms with Crippen LogP contribution >= 0.6 is 11.5 Å². The molecule has 0 amide bonds. The normalized spacial score (nSPS) is 9.00. The van der Waals surface area contributed by atoms with Crippen LogP contribution < -0.4 is 11.1 Å². The van der Waals surface area contributed by atoms with Crippen LogP contribution in [0.3, 0.4) is 0 Å². The van der Waals surface area contributed by atoms with Crippen molar-refractivity contribution in [3.05, 3.63) is 44.0 Å². The molecule has 0 saturated carbocycles. The zero-order chi connectivity index (χ0) is 9.68. The Morgan fingerprint density at radius 1 is 1.38 bits per heavy atom. The quantitative estimate of drug-likeness (QED) is 0.657. The van der Waals surface area contributed by atoms with Gasteiger partial charge in [0.1, 0.15) is 5.76 Å². The highest BCUT2D eigenvalue weighted by Crippen LogP contribution is 1.83. The summed E-state index contributed by atoms with van der Waals surface area (Å²) in [5, 5.41) is 3.85. The van der Waals surface area contributed by atoms with Crippen molar-refractivity contribution in [2.24, 2.45) is 0 Å². The molecule has 13 heavy (non-hydrogen) atoms. The number of aromatic amines is 2. The Morgan fingerprint density at radius 3 is 2.31 bits per heavy atom. The first-order valence-electron chi connectivity index (χ1n) is 3.46. The van der Waals surface area contributed by atoms with E-state index in [1.54, 1.807) is 12.3 Å². The van der Waals surface area contributed by atoms with Gasteiger partial charge in [0.2, 0.25) is 0 Å². The van der Waals surface area contributed by atoms with Crippen molar-refractivity contribution in [2.45, 2.75) is 6.92 Å². The zero-order valence-corrected chi connectivity index (χ0v) is 7.68. The second-order valence-corrected chi connectivity index (χ2v) is 2.92. The van der Waals surface area contributed by atoms with Crippen LogP contribution in [0.2, 0.25) is 0 Å². The van der Waals surface area contributed by atoms with Gasteiger partial charge in [-0.05, 0) is 6.92 Å². The monoisotopic (exact) mass is 200 g/mol. The Kier molecular flexibility index (Phi) is 3.27. The predicted octanol–water partition coefficient (Wildman–Crippen LogP) is 0.713. The van der Waals surface area contributed by atoms with Gasteiger partial charge in [0.15, 0.2) is 0 Å². The molecule has 0 unspecified atom stereocenters. The molecule has 0 spiro atoms. The van der Waals surface area contributed by atoms with E-state index in [0.717, 1.165) is 0 Å². The molecule has 5 nitrogen and oxygen atoms in total. The molecule has 0 saturated heterocycles. The number of rotatable bonds is 0. The molecule has 2 aromatic rings. The van der Waals surface area contributed by atoms with Gasteiger partial charge in [-0.25, -0.2) is 0 Å². The second kappa shape index (κ2) is 4.46. The van der Waals surface area contributed by atoms with Gasteiger partial charge in [0, 0.05) is 17.5 Å². The maximum Gasteiger partial charge on any atom is 0.280 e. The summed E-state index contributed by atoms with van der Waals surface area (Å²) in [7, 11) is 0. The molecule has 0 aliphatic carbocycles. The molecular formula is C7H8N2O3S. The van der Waals surface area contributed by atoms with Gasteiger partial charge in [0.05, 0.1) is 0 Å². The van der Waals surface area contributed by atoms with E-state index < -0.39 is 0 Å². The molecule has 2 aromatic heterocycles. The Morgan fingerprint density at radius 2 is 2.15 bits per heavy atom. The van der Waals surface area contributed by atoms with Crippen LogP contribution in [0.5, 0.6) is 0 Å². The molecule has 2 N–H and O–H groups in total. The van der Waals surface area contributed by atoms with E-state index in [-0.39, 0.29) is 11.1 Å². The predicted molar refractivity (Wildman–Crippen MR) is 49.0 cm³/mol. The molecule has 0 radical (unpaired) electrons. The summed E-state index contributed by atoms with van der Waals surface area (Å²) in [4.78, 5) is 20.2. The van der Waals surface area contributed by atoms with E-state index in [2.05, 4.69) is 14.1 Å². The van der Waals surface area contributed by atoms with Crippen molar-refractivity contribution in [2.75, 3.05) is 0 Å². The van der Waals surface area contributed by atoms with Crippen LogP contribution in [-0.2, 0) is 0 Å². The molecule has 0 atom stereocenters. The van der Waals surface area contributed by atoms with E-state index in [9.17, 15) is 9.59 Å².